The highest BCUT2D eigenvalue weighted by molar-refractivity contribution is 5.67. The fourth-order valence-electron chi connectivity index (χ4n) is 3.58. The Morgan fingerprint density at radius 3 is 2.48 bits per heavy atom. The van der Waals surface area contributed by atoms with Crippen LogP contribution in [0.3, 0.4) is 0 Å². The number of carbonyl (C=O) groups excluding carboxylic acids is 1. The molecule has 0 spiro atoms. The Morgan fingerprint density at radius 2 is 1.81 bits per heavy atom. The lowest BCUT2D eigenvalue weighted by Gasteiger charge is -2.38. The fourth-order valence-corrected chi connectivity index (χ4v) is 3.58. The van der Waals surface area contributed by atoms with Gasteiger partial charge >= 0.3 is 6.09 Å². The Morgan fingerprint density at radius 1 is 1.11 bits per heavy atom. The number of carbonyl (C=O) groups is 1. The van der Waals surface area contributed by atoms with Crippen LogP contribution in [0.2, 0.25) is 0 Å². The number of ether oxygens (including phenoxy) is 3. The van der Waals surface area contributed by atoms with Gasteiger partial charge in [0.2, 0.25) is 0 Å². The van der Waals surface area contributed by atoms with Crippen LogP contribution in [0.15, 0.2) is 48.5 Å². The zero-order chi connectivity index (χ0) is 19.2. The molecule has 3 rings (SSSR count). The first-order valence-electron chi connectivity index (χ1n) is 8.96. The summed E-state index contributed by atoms with van der Waals surface area (Å²) in [6, 6.07) is 14.0. The molecule has 6 heteroatoms. The molecule has 1 saturated heterocycles. The average Bonchev–Trinajstić information content (AvgIpc) is 2.72. The molecule has 0 bridgehead atoms. The average molecular weight is 373 g/mol. The van der Waals surface area contributed by atoms with E-state index in [-0.39, 0.29) is 23.7 Å². The van der Waals surface area contributed by atoms with E-state index in [9.17, 15) is 9.18 Å². The number of likely N-dealkylation sites (tertiary alicyclic amines) is 1. The van der Waals surface area contributed by atoms with E-state index in [4.69, 9.17) is 14.2 Å². The van der Waals surface area contributed by atoms with Gasteiger partial charge in [0.25, 0.3) is 0 Å². The molecule has 2 aromatic carbocycles. The van der Waals surface area contributed by atoms with Gasteiger partial charge in [0.15, 0.2) is 11.5 Å². The minimum absolute atomic E-state index is 0.0493. The molecule has 0 N–H and O–H groups in total. The number of piperidine rings is 1. The number of hydrogen-bond donors (Lipinski definition) is 0. The predicted molar refractivity (Wildman–Crippen MR) is 99.7 cm³/mol. The molecule has 0 radical (unpaired) electrons. The lowest BCUT2D eigenvalue weighted by Crippen LogP contribution is -2.44. The predicted octanol–water partition coefficient (Wildman–Crippen LogP) is 4.09. The Kier molecular flexibility index (Phi) is 6.16. The number of nitrogens with zero attached hydrogens (tertiary/aromatic N) is 1. The number of hydrogen-bond acceptors (Lipinski definition) is 4. The number of para-hydroxylation sites is 2. The third-order valence-electron chi connectivity index (χ3n) is 4.99. The van der Waals surface area contributed by atoms with Crippen LogP contribution in [0.4, 0.5) is 9.18 Å². The quantitative estimate of drug-likeness (QED) is 0.792. The number of benzene rings is 2. The molecule has 0 aliphatic carbocycles. The van der Waals surface area contributed by atoms with Crippen LogP contribution in [0, 0.1) is 11.7 Å². The molecule has 1 heterocycles. The van der Waals surface area contributed by atoms with Gasteiger partial charge < -0.3 is 19.1 Å². The summed E-state index contributed by atoms with van der Waals surface area (Å²) in [6.45, 7) is 1.53. The first-order valence-corrected chi connectivity index (χ1v) is 8.96. The number of amides is 1. The zero-order valence-electron chi connectivity index (χ0n) is 15.6. The van der Waals surface area contributed by atoms with E-state index in [1.807, 2.05) is 36.4 Å². The summed E-state index contributed by atoms with van der Waals surface area (Å²) in [7, 11) is 2.98. The summed E-state index contributed by atoms with van der Waals surface area (Å²) in [5.41, 5.74) is 1.05. The van der Waals surface area contributed by atoms with Gasteiger partial charge in [-0.25, -0.2) is 9.18 Å². The van der Waals surface area contributed by atoms with E-state index in [1.54, 1.807) is 12.0 Å². The first kappa shape index (κ1) is 19.0. The summed E-state index contributed by atoms with van der Waals surface area (Å²) < 4.78 is 29.5. The summed E-state index contributed by atoms with van der Waals surface area (Å²) in [4.78, 5) is 13.7. The van der Waals surface area contributed by atoms with Crippen molar-refractivity contribution in [1.29, 1.82) is 0 Å². The Labute approximate surface area is 158 Å². The SMILES string of the molecule is COC(=O)N1CC[C@@H](c2ccc(F)cc2)[C@H](COc2ccccc2OC)C1. The minimum atomic E-state index is -0.338. The summed E-state index contributed by atoms with van der Waals surface area (Å²) in [5.74, 6) is 1.28. The molecular weight excluding hydrogens is 349 g/mol. The van der Waals surface area contributed by atoms with Crippen molar-refractivity contribution in [3.8, 4) is 11.5 Å². The van der Waals surface area contributed by atoms with E-state index in [1.165, 1.54) is 19.2 Å². The highest BCUT2D eigenvalue weighted by atomic mass is 19.1. The van der Waals surface area contributed by atoms with Crippen LogP contribution in [0.1, 0.15) is 17.9 Å². The normalized spacial score (nSPS) is 19.4. The molecule has 1 amide bonds. The van der Waals surface area contributed by atoms with Crippen molar-refractivity contribution in [1.82, 2.24) is 4.90 Å². The van der Waals surface area contributed by atoms with Gasteiger partial charge in [0.05, 0.1) is 20.8 Å². The van der Waals surface area contributed by atoms with E-state index in [0.29, 0.717) is 31.2 Å². The molecule has 27 heavy (non-hydrogen) atoms. The van der Waals surface area contributed by atoms with Crippen molar-refractivity contribution in [2.24, 2.45) is 5.92 Å². The van der Waals surface area contributed by atoms with Gasteiger partial charge in [-0.3, -0.25) is 0 Å². The van der Waals surface area contributed by atoms with E-state index in [2.05, 4.69) is 0 Å². The smallest absolute Gasteiger partial charge is 0.409 e. The van der Waals surface area contributed by atoms with E-state index < -0.39 is 0 Å². The molecular formula is C21H24FNO4. The summed E-state index contributed by atoms with van der Waals surface area (Å²) >= 11 is 0. The third kappa shape index (κ3) is 4.51. The second kappa shape index (κ2) is 8.75. The maximum atomic E-state index is 13.3. The molecule has 1 aliphatic heterocycles. The molecule has 0 aromatic heterocycles. The summed E-state index contributed by atoms with van der Waals surface area (Å²) in [6.07, 6.45) is 0.426. The van der Waals surface area contributed by atoms with Gasteiger partial charge in [-0.1, -0.05) is 24.3 Å². The van der Waals surface area contributed by atoms with Crippen molar-refractivity contribution in [3.63, 3.8) is 0 Å². The van der Waals surface area contributed by atoms with Crippen LogP contribution >= 0.6 is 0 Å². The first-order chi connectivity index (χ1) is 13.1. The number of halogens is 1. The maximum Gasteiger partial charge on any atom is 0.409 e. The van der Waals surface area contributed by atoms with Gasteiger partial charge in [0.1, 0.15) is 5.82 Å². The fraction of sp³-hybridized carbons (Fsp3) is 0.381. The Balaban J connectivity index is 1.78. The van der Waals surface area contributed by atoms with Crippen molar-refractivity contribution in [3.05, 3.63) is 59.9 Å². The highest BCUT2D eigenvalue weighted by Crippen LogP contribution is 2.35. The second-order valence-corrected chi connectivity index (χ2v) is 6.58. The van der Waals surface area contributed by atoms with Crippen LogP contribution in [-0.4, -0.2) is 44.9 Å². The molecule has 2 aromatic rings. The molecule has 144 valence electrons. The lowest BCUT2D eigenvalue weighted by molar-refractivity contribution is 0.0809. The number of rotatable bonds is 5. The highest BCUT2D eigenvalue weighted by Gasteiger charge is 2.33. The molecule has 2 atom stereocenters. The topological polar surface area (TPSA) is 48.0 Å². The van der Waals surface area contributed by atoms with E-state index >= 15 is 0 Å². The molecule has 1 aliphatic rings. The van der Waals surface area contributed by atoms with Gasteiger partial charge in [-0.15, -0.1) is 0 Å². The van der Waals surface area contributed by atoms with Crippen LogP contribution < -0.4 is 9.47 Å². The third-order valence-corrected chi connectivity index (χ3v) is 4.99. The van der Waals surface area contributed by atoms with Crippen molar-refractivity contribution in [2.75, 3.05) is 33.9 Å². The van der Waals surface area contributed by atoms with Gasteiger partial charge in [0, 0.05) is 19.0 Å². The molecule has 1 fully saturated rings. The van der Waals surface area contributed by atoms with Crippen molar-refractivity contribution in [2.45, 2.75) is 12.3 Å². The van der Waals surface area contributed by atoms with Crippen LogP contribution in [-0.2, 0) is 4.74 Å². The standard InChI is InChI=1S/C21H24FNO4/c1-25-19-5-3-4-6-20(19)27-14-16-13-23(21(24)26-2)12-11-18(16)15-7-9-17(22)10-8-15/h3-10,16,18H,11-14H2,1-2H3/t16-,18-/m0/s1. The van der Waals surface area contributed by atoms with Crippen LogP contribution in [0.5, 0.6) is 11.5 Å². The Hall–Kier alpha value is -2.76. The van der Waals surface area contributed by atoms with Crippen molar-refractivity contribution >= 4 is 6.09 Å². The maximum absolute atomic E-state index is 13.3. The summed E-state index contributed by atoms with van der Waals surface area (Å²) in [5, 5.41) is 0. The molecule has 0 unspecified atom stereocenters. The van der Waals surface area contributed by atoms with Gasteiger partial charge in [-0.05, 0) is 42.2 Å². The van der Waals surface area contributed by atoms with E-state index in [0.717, 1.165) is 12.0 Å². The molecule has 0 saturated carbocycles. The lowest BCUT2D eigenvalue weighted by atomic mass is 9.81. The number of methoxy groups -OCH3 is 2. The van der Waals surface area contributed by atoms with Gasteiger partial charge in [-0.2, -0.15) is 0 Å². The van der Waals surface area contributed by atoms with Crippen molar-refractivity contribution < 1.29 is 23.4 Å². The minimum Gasteiger partial charge on any atom is -0.493 e. The Bertz CT molecular complexity index is 765. The molecule has 5 nitrogen and oxygen atoms in total. The second-order valence-electron chi connectivity index (χ2n) is 6.58. The monoisotopic (exact) mass is 373 g/mol. The van der Waals surface area contributed by atoms with Crippen LogP contribution in [0.25, 0.3) is 0 Å². The zero-order valence-corrected chi connectivity index (χ0v) is 15.6. The largest absolute Gasteiger partial charge is 0.493 e.